The molecule has 0 radical (unpaired) electrons. The molecule has 0 spiro atoms. The van der Waals surface area contributed by atoms with Crippen molar-refractivity contribution in [3.8, 4) is 0 Å². The summed E-state index contributed by atoms with van der Waals surface area (Å²) in [6.07, 6.45) is 6.84. The van der Waals surface area contributed by atoms with Gasteiger partial charge in [0.05, 0.1) is 22.1 Å². The Morgan fingerprint density at radius 1 is 1.27 bits per heavy atom. The second-order valence-corrected chi connectivity index (χ2v) is 7.49. The number of benzene rings is 1. The van der Waals surface area contributed by atoms with Crippen LogP contribution in [-0.2, 0) is 4.74 Å². The largest absolute Gasteiger partial charge is 0.358 e. The van der Waals surface area contributed by atoms with E-state index in [-0.39, 0.29) is 6.23 Å². The van der Waals surface area contributed by atoms with Gasteiger partial charge in [-0.2, -0.15) is 0 Å². The molecule has 3 heterocycles. The van der Waals surface area contributed by atoms with Crippen molar-refractivity contribution in [1.29, 1.82) is 0 Å². The number of halogens is 2. The maximum Gasteiger partial charge on any atom is 0.191 e. The Labute approximate surface area is 165 Å². The highest BCUT2D eigenvalue weighted by atomic mass is 35.5. The Hall–Kier alpha value is -1.54. The first-order valence-corrected chi connectivity index (χ1v) is 10.3. The minimum Gasteiger partial charge on any atom is -0.358 e. The molecule has 3 aromatic rings. The lowest BCUT2D eigenvalue weighted by Crippen LogP contribution is -2.17. The molecule has 1 saturated heterocycles. The van der Waals surface area contributed by atoms with Gasteiger partial charge >= 0.3 is 0 Å². The summed E-state index contributed by atoms with van der Waals surface area (Å²) < 4.78 is 7.88. The van der Waals surface area contributed by atoms with Gasteiger partial charge in [0.25, 0.3) is 0 Å². The fourth-order valence-corrected chi connectivity index (χ4v) is 3.66. The summed E-state index contributed by atoms with van der Waals surface area (Å²) in [5.74, 6) is 0.595. The van der Waals surface area contributed by atoms with Gasteiger partial charge in [0.15, 0.2) is 22.1 Å². The van der Waals surface area contributed by atoms with Gasteiger partial charge in [0.1, 0.15) is 6.23 Å². The van der Waals surface area contributed by atoms with Crippen molar-refractivity contribution < 1.29 is 4.74 Å². The van der Waals surface area contributed by atoms with Crippen molar-refractivity contribution in [2.75, 3.05) is 18.2 Å². The number of thioether (sulfide) groups is 1. The highest BCUT2D eigenvalue weighted by Crippen LogP contribution is 2.34. The molecule has 1 aliphatic heterocycles. The molecule has 4 rings (SSSR count). The summed E-state index contributed by atoms with van der Waals surface area (Å²) in [6.45, 7) is 0.758. The van der Waals surface area contributed by atoms with Crippen LogP contribution in [0.15, 0.2) is 29.7 Å². The van der Waals surface area contributed by atoms with Crippen LogP contribution in [0.5, 0.6) is 0 Å². The van der Waals surface area contributed by atoms with Crippen molar-refractivity contribution in [2.24, 2.45) is 0 Å². The Morgan fingerprint density at radius 2 is 2.15 bits per heavy atom. The average Bonchev–Trinajstić information content (AvgIpc) is 3.10. The molecule has 1 atom stereocenters. The fourth-order valence-electron chi connectivity index (χ4n) is 2.96. The third-order valence-electron chi connectivity index (χ3n) is 4.25. The SMILES string of the molecule is CSc1nc(Nc2cccc(Cl)c2Cl)c2ncn(C3CCCCO3)c2n1. The van der Waals surface area contributed by atoms with Gasteiger partial charge in [-0.05, 0) is 37.7 Å². The summed E-state index contributed by atoms with van der Waals surface area (Å²) >= 11 is 13.9. The standard InChI is InChI=1S/C17H17Cl2N5OS/c1-26-17-22-15(21-11-6-4-5-10(18)13(11)19)14-16(23-17)24(9-20-14)12-7-2-3-8-25-12/h4-6,9,12H,2-3,7-8H2,1H3,(H,21,22,23). The molecule has 6 nitrogen and oxygen atoms in total. The molecule has 0 amide bonds. The topological polar surface area (TPSA) is 64.9 Å². The van der Waals surface area contributed by atoms with E-state index >= 15 is 0 Å². The molecule has 9 heteroatoms. The van der Waals surface area contributed by atoms with Crippen LogP contribution in [0.4, 0.5) is 11.5 Å². The summed E-state index contributed by atoms with van der Waals surface area (Å²) in [6, 6.07) is 5.42. The third-order valence-corrected chi connectivity index (χ3v) is 5.62. The first-order chi connectivity index (χ1) is 12.7. The van der Waals surface area contributed by atoms with E-state index in [1.54, 1.807) is 12.4 Å². The summed E-state index contributed by atoms with van der Waals surface area (Å²) in [5.41, 5.74) is 2.10. The average molecular weight is 410 g/mol. The number of aromatic nitrogens is 4. The molecule has 1 N–H and O–H groups in total. The Bertz CT molecular complexity index is 942. The molecule has 0 aliphatic carbocycles. The fraction of sp³-hybridized carbons (Fsp3) is 0.353. The Morgan fingerprint density at radius 3 is 2.92 bits per heavy atom. The van der Waals surface area contributed by atoms with Crippen LogP contribution in [0.2, 0.25) is 10.0 Å². The monoisotopic (exact) mass is 409 g/mol. The molecule has 136 valence electrons. The molecule has 0 saturated carbocycles. The van der Waals surface area contributed by atoms with Gasteiger partial charge < -0.3 is 10.1 Å². The van der Waals surface area contributed by atoms with Crippen LogP contribution >= 0.6 is 35.0 Å². The van der Waals surface area contributed by atoms with Gasteiger partial charge in [-0.3, -0.25) is 4.57 Å². The van der Waals surface area contributed by atoms with Crippen molar-refractivity contribution in [1.82, 2.24) is 19.5 Å². The molecule has 1 aromatic carbocycles. The smallest absolute Gasteiger partial charge is 0.191 e. The van der Waals surface area contributed by atoms with E-state index in [1.165, 1.54) is 11.8 Å². The zero-order valence-electron chi connectivity index (χ0n) is 14.1. The number of fused-ring (bicyclic) bond motifs is 1. The second kappa shape index (κ2) is 7.60. The van der Waals surface area contributed by atoms with E-state index in [1.807, 2.05) is 23.0 Å². The normalized spacial score (nSPS) is 17.6. The van der Waals surface area contributed by atoms with Gasteiger partial charge in [0, 0.05) is 6.61 Å². The van der Waals surface area contributed by atoms with Crippen molar-refractivity contribution in [2.45, 2.75) is 30.6 Å². The van der Waals surface area contributed by atoms with Crippen LogP contribution in [0.3, 0.4) is 0 Å². The first-order valence-electron chi connectivity index (χ1n) is 8.28. The molecule has 1 fully saturated rings. The number of hydrogen-bond donors (Lipinski definition) is 1. The lowest BCUT2D eigenvalue weighted by atomic mass is 10.2. The lowest BCUT2D eigenvalue weighted by molar-refractivity contribution is -0.0298. The van der Waals surface area contributed by atoms with Crippen LogP contribution < -0.4 is 5.32 Å². The molecule has 2 aromatic heterocycles. The minimum atomic E-state index is -0.0408. The molecule has 1 aliphatic rings. The van der Waals surface area contributed by atoms with E-state index in [9.17, 15) is 0 Å². The quantitative estimate of drug-likeness (QED) is 0.465. The predicted molar refractivity (Wildman–Crippen MR) is 106 cm³/mol. The molecular weight excluding hydrogens is 393 g/mol. The van der Waals surface area contributed by atoms with Gasteiger partial charge in [-0.1, -0.05) is 41.0 Å². The third kappa shape index (κ3) is 3.36. The van der Waals surface area contributed by atoms with E-state index in [4.69, 9.17) is 27.9 Å². The predicted octanol–water partition coefficient (Wildman–Crippen LogP) is 5.30. The number of rotatable bonds is 4. The summed E-state index contributed by atoms with van der Waals surface area (Å²) in [4.78, 5) is 13.7. The number of imidazole rings is 1. The van der Waals surface area contributed by atoms with Gasteiger partial charge in [-0.15, -0.1) is 0 Å². The van der Waals surface area contributed by atoms with Crippen molar-refractivity contribution >= 4 is 57.6 Å². The number of nitrogens with zero attached hydrogens (tertiary/aromatic N) is 4. The molecule has 1 unspecified atom stereocenters. The maximum absolute atomic E-state index is 6.31. The van der Waals surface area contributed by atoms with Crippen LogP contribution in [0.25, 0.3) is 11.2 Å². The highest BCUT2D eigenvalue weighted by Gasteiger charge is 2.21. The zero-order chi connectivity index (χ0) is 18.1. The van der Waals surface area contributed by atoms with Crippen LogP contribution in [0, 0.1) is 0 Å². The molecule has 0 bridgehead atoms. The second-order valence-electron chi connectivity index (χ2n) is 5.93. The highest BCUT2D eigenvalue weighted by molar-refractivity contribution is 7.98. The minimum absolute atomic E-state index is 0.0408. The van der Waals surface area contributed by atoms with Crippen molar-refractivity contribution in [3.05, 3.63) is 34.6 Å². The lowest BCUT2D eigenvalue weighted by Gasteiger charge is -2.23. The number of hydrogen-bond acceptors (Lipinski definition) is 6. The van der Waals surface area contributed by atoms with E-state index in [0.717, 1.165) is 31.5 Å². The Kier molecular flexibility index (Phi) is 5.22. The maximum atomic E-state index is 6.31. The Balaban J connectivity index is 1.79. The first kappa shape index (κ1) is 17.9. The summed E-state index contributed by atoms with van der Waals surface area (Å²) in [7, 11) is 0. The van der Waals surface area contributed by atoms with E-state index in [0.29, 0.717) is 32.2 Å². The number of anilines is 2. The van der Waals surface area contributed by atoms with Crippen molar-refractivity contribution in [3.63, 3.8) is 0 Å². The van der Waals surface area contributed by atoms with Gasteiger partial charge in [-0.25, -0.2) is 15.0 Å². The van der Waals surface area contributed by atoms with E-state index < -0.39 is 0 Å². The number of ether oxygens (including phenoxy) is 1. The zero-order valence-corrected chi connectivity index (χ0v) is 16.4. The molecule has 26 heavy (non-hydrogen) atoms. The summed E-state index contributed by atoms with van der Waals surface area (Å²) in [5, 5.41) is 4.82. The number of nitrogens with one attached hydrogen (secondary N) is 1. The van der Waals surface area contributed by atoms with Crippen LogP contribution in [0.1, 0.15) is 25.5 Å². The molecular formula is C17H17Cl2N5OS. The van der Waals surface area contributed by atoms with Crippen LogP contribution in [-0.4, -0.2) is 32.4 Å². The van der Waals surface area contributed by atoms with Gasteiger partial charge in [0.2, 0.25) is 0 Å². The van der Waals surface area contributed by atoms with E-state index in [2.05, 4.69) is 20.3 Å².